The summed E-state index contributed by atoms with van der Waals surface area (Å²) in [7, 11) is 1.59. The number of piperidine rings is 1. The van der Waals surface area contributed by atoms with Crippen molar-refractivity contribution < 1.29 is 14.6 Å². The van der Waals surface area contributed by atoms with E-state index in [0.29, 0.717) is 24.8 Å². The van der Waals surface area contributed by atoms with Crippen molar-refractivity contribution in [1.82, 2.24) is 10.2 Å². The van der Waals surface area contributed by atoms with Gasteiger partial charge in [-0.05, 0) is 69.5 Å². The molecular formula is C26H35N3O3. The first-order valence-corrected chi connectivity index (χ1v) is 11.6. The average molecular weight is 438 g/mol. The molecule has 2 heterocycles. The Bertz CT molecular complexity index is 947. The molecule has 32 heavy (non-hydrogen) atoms. The molecule has 0 amide bonds. The van der Waals surface area contributed by atoms with E-state index in [9.17, 15) is 5.11 Å². The molecule has 2 aromatic rings. The summed E-state index contributed by atoms with van der Waals surface area (Å²) in [6.07, 6.45) is 2.57. The Kier molecular flexibility index (Phi) is 6.72. The molecule has 2 N–H and O–H groups in total. The third kappa shape index (κ3) is 4.62. The third-order valence-electron chi connectivity index (χ3n) is 6.67. The van der Waals surface area contributed by atoms with Gasteiger partial charge in [-0.15, -0.1) is 0 Å². The summed E-state index contributed by atoms with van der Waals surface area (Å²) in [6, 6.07) is 14.4. The number of rotatable bonds is 6. The van der Waals surface area contributed by atoms with Gasteiger partial charge in [-0.2, -0.15) is 0 Å². The maximum atomic E-state index is 10.9. The van der Waals surface area contributed by atoms with Crippen molar-refractivity contribution in [2.45, 2.75) is 57.8 Å². The highest BCUT2D eigenvalue weighted by Crippen LogP contribution is 2.40. The van der Waals surface area contributed by atoms with Crippen LogP contribution in [0.3, 0.4) is 0 Å². The molecule has 2 aliphatic rings. The van der Waals surface area contributed by atoms with Gasteiger partial charge >= 0.3 is 0 Å². The van der Waals surface area contributed by atoms with Crippen molar-refractivity contribution >= 4 is 5.71 Å². The van der Waals surface area contributed by atoms with Crippen LogP contribution in [0.2, 0.25) is 0 Å². The number of hydrogen-bond donors (Lipinski definition) is 2. The Balaban J connectivity index is 1.69. The average Bonchev–Trinajstić information content (AvgIpc) is 2.80. The van der Waals surface area contributed by atoms with Gasteiger partial charge in [-0.1, -0.05) is 12.1 Å². The molecule has 2 aromatic carbocycles. The lowest BCUT2D eigenvalue weighted by Crippen LogP contribution is -2.56. The number of nitrogens with one attached hydrogen (secondary N) is 1. The summed E-state index contributed by atoms with van der Waals surface area (Å²) in [4.78, 5) is 7.79. The number of methoxy groups -OCH3 is 1. The summed E-state index contributed by atoms with van der Waals surface area (Å²) in [6.45, 7) is 9.14. The molecule has 0 unspecified atom stereocenters. The van der Waals surface area contributed by atoms with Gasteiger partial charge < -0.3 is 19.5 Å². The van der Waals surface area contributed by atoms with E-state index in [1.165, 1.54) is 0 Å². The van der Waals surface area contributed by atoms with Crippen molar-refractivity contribution in [1.29, 1.82) is 0 Å². The molecule has 1 saturated heterocycles. The molecule has 1 atom stereocenters. The van der Waals surface area contributed by atoms with Crippen LogP contribution in [0.5, 0.6) is 17.2 Å². The lowest BCUT2D eigenvalue weighted by Gasteiger charge is -2.46. The van der Waals surface area contributed by atoms with Crippen LogP contribution in [0.4, 0.5) is 0 Å². The second-order valence-corrected chi connectivity index (χ2v) is 8.98. The summed E-state index contributed by atoms with van der Waals surface area (Å²) in [5.74, 6) is 1.57. The van der Waals surface area contributed by atoms with Crippen LogP contribution in [0, 0.1) is 0 Å². The summed E-state index contributed by atoms with van der Waals surface area (Å²) in [5.41, 5.74) is 2.69. The zero-order valence-corrected chi connectivity index (χ0v) is 19.6. The van der Waals surface area contributed by atoms with Gasteiger partial charge in [0.25, 0.3) is 0 Å². The van der Waals surface area contributed by atoms with E-state index in [1.54, 1.807) is 13.2 Å². The van der Waals surface area contributed by atoms with Crippen LogP contribution in [0.1, 0.15) is 57.2 Å². The largest absolute Gasteiger partial charge is 0.504 e. The van der Waals surface area contributed by atoms with E-state index in [-0.39, 0.29) is 17.5 Å². The van der Waals surface area contributed by atoms with Crippen molar-refractivity contribution in [2.75, 3.05) is 26.8 Å². The van der Waals surface area contributed by atoms with Crippen LogP contribution in [0.25, 0.3) is 0 Å². The fourth-order valence-corrected chi connectivity index (χ4v) is 4.84. The molecule has 0 bridgehead atoms. The quantitative estimate of drug-likeness (QED) is 0.695. The maximum absolute atomic E-state index is 10.9. The fraction of sp³-hybridized carbons (Fsp3) is 0.500. The van der Waals surface area contributed by atoms with Gasteiger partial charge in [-0.25, -0.2) is 0 Å². The normalized spacial score (nSPS) is 20.9. The standard InChI is InChI=1S/C26H35N3O3/c1-5-32-20-11-9-19(10-12-20)22-17-23(21-7-6-8-24(31-4)25(21)30)28-26(27-22)13-15-29(16-14-26)18(2)3/h6-12,18,23,28,30H,5,13-17H2,1-4H3/t23-/m0/s1. The van der Waals surface area contributed by atoms with E-state index in [4.69, 9.17) is 14.5 Å². The lowest BCUT2D eigenvalue weighted by atomic mass is 9.87. The number of nitrogens with zero attached hydrogens (tertiary/aromatic N) is 2. The second-order valence-electron chi connectivity index (χ2n) is 8.98. The molecule has 0 radical (unpaired) electrons. The highest BCUT2D eigenvalue weighted by atomic mass is 16.5. The van der Waals surface area contributed by atoms with Gasteiger partial charge in [0.15, 0.2) is 11.5 Å². The molecule has 6 heteroatoms. The van der Waals surface area contributed by atoms with Crippen molar-refractivity contribution in [3.8, 4) is 17.2 Å². The number of hydrogen-bond acceptors (Lipinski definition) is 6. The molecule has 0 aliphatic carbocycles. The molecular weight excluding hydrogens is 402 g/mol. The highest BCUT2D eigenvalue weighted by Gasteiger charge is 2.41. The van der Waals surface area contributed by atoms with Crippen LogP contribution < -0.4 is 14.8 Å². The second kappa shape index (κ2) is 9.51. The van der Waals surface area contributed by atoms with Gasteiger partial charge in [-0.3, -0.25) is 10.3 Å². The molecule has 1 fully saturated rings. The van der Waals surface area contributed by atoms with Crippen molar-refractivity contribution in [3.05, 3.63) is 53.6 Å². The molecule has 1 spiro atoms. The van der Waals surface area contributed by atoms with Crippen LogP contribution in [-0.2, 0) is 0 Å². The predicted molar refractivity (Wildman–Crippen MR) is 128 cm³/mol. The Morgan fingerprint density at radius 3 is 2.50 bits per heavy atom. The topological polar surface area (TPSA) is 66.3 Å². The molecule has 0 saturated carbocycles. The molecule has 4 rings (SSSR count). The van der Waals surface area contributed by atoms with Crippen molar-refractivity contribution in [3.63, 3.8) is 0 Å². The third-order valence-corrected chi connectivity index (χ3v) is 6.67. The van der Waals surface area contributed by atoms with Crippen LogP contribution in [0.15, 0.2) is 47.5 Å². The van der Waals surface area contributed by atoms with Crippen LogP contribution >= 0.6 is 0 Å². The van der Waals surface area contributed by atoms with E-state index >= 15 is 0 Å². The monoisotopic (exact) mass is 437 g/mol. The minimum absolute atomic E-state index is 0.0465. The number of aliphatic imine (C=N–C) groups is 1. The van der Waals surface area contributed by atoms with Crippen LogP contribution in [-0.4, -0.2) is 54.2 Å². The van der Waals surface area contributed by atoms with Gasteiger partial charge in [0.1, 0.15) is 11.4 Å². The first-order chi connectivity index (χ1) is 15.4. The number of phenols is 1. The molecule has 0 aromatic heterocycles. The SMILES string of the molecule is CCOc1ccc(C2=NC3(CCN(C(C)C)CC3)N[C@H](c3cccc(OC)c3O)C2)cc1. The minimum atomic E-state index is -0.336. The van der Waals surface area contributed by atoms with E-state index < -0.39 is 0 Å². The van der Waals surface area contributed by atoms with E-state index in [2.05, 4.69) is 36.2 Å². The smallest absolute Gasteiger partial charge is 0.162 e. The molecule has 172 valence electrons. The highest BCUT2D eigenvalue weighted by molar-refractivity contribution is 6.02. The number of aromatic hydroxyl groups is 1. The summed E-state index contributed by atoms with van der Waals surface area (Å²) in [5, 5.41) is 14.7. The number of likely N-dealkylation sites (tertiary alicyclic amines) is 1. The van der Waals surface area contributed by atoms with Gasteiger partial charge in [0.05, 0.1) is 13.7 Å². The number of benzene rings is 2. The minimum Gasteiger partial charge on any atom is -0.504 e. The zero-order valence-electron chi connectivity index (χ0n) is 19.6. The predicted octanol–water partition coefficient (Wildman–Crippen LogP) is 4.52. The first kappa shape index (κ1) is 22.6. The Morgan fingerprint density at radius 1 is 1.16 bits per heavy atom. The number of para-hydroxylation sites is 1. The van der Waals surface area contributed by atoms with Crippen molar-refractivity contribution in [2.24, 2.45) is 4.99 Å². The summed E-state index contributed by atoms with van der Waals surface area (Å²) >= 11 is 0. The Labute approximate surface area is 191 Å². The summed E-state index contributed by atoms with van der Waals surface area (Å²) < 4.78 is 11.0. The van der Waals surface area contributed by atoms with Gasteiger partial charge in [0, 0.05) is 42.9 Å². The number of phenolic OH excluding ortho intramolecular Hbond substituents is 1. The molecule has 6 nitrogen and oxygen atoms in total. The zero-order chi connectivity index (χ0) is 22.7. The first-order valence-electron chi connectivity index (χ1n) is 11.6. The fourth-order valence-electron chi connectivity index (χ4n) is 4.84. The Hall–Kier alpha value is -2.57. The lowest BCUT2D eigenvalue weighted by molar-refractivity contribution is 0.103. The maximum Gasteiger partial charge on any atom is 0.162 e. The van der Waals surface area contributed by atoms with E-state index in [1.807, 2.05) is 31.2 Å². The molecule has 2 aliphatic heterocycles. The van der Waals surface area contributed by atoms with E-state index in [0.717, 1.165) is 48.5 Å². The Morgan fingerprint density at radius 2 is 1.88 bits per heavy atom. The van der Waals surface area contributed by atoms with Gasteiger partial charge in [0.2, 0.25) is 0 Å². The number of ether oxygens (including phenoxy) is 2.